The summed E-state index contributed by atoms with van der Waals surface area (Å²) in [4.78, 5) is 35.4. The van der Waals surface area contributed by atoms with Gasteiger partial charge in [-0.2, -0.15) is 0 Å². The standard InChI is InChI=1S/C40H71O13P/c1-3-5-7-9-11-13-15-17-19-21-23-25-27-29-34(42)52-32(30-50-33(41)28-26-24-22-20-18-16-14-12-10-8-6-4-2)31-51-54(48,49)53-40-38(46)36(44)35(43)37(45)39(40)47/h12,14,17,19,23,25,32,35-40,43-47H,3-11,13,15-16,18,20-22,24,26-31H2,1-2H3,(H,48,49)/b14-12+,19-17+,25-23+/t32?,35?,36-,37?,38?,39?,40?/m1/s1. The highest BCUT2D eigenvalue weighted by Gasteiger charge is 2.51. The Balaban J connectivity index is 2.58. The van der Waals surface area contributed by atoms with Crippen LogP contribution in [-0.4, -0.2) is 98.3 Å². The van der Waals surface area contributed by atoms with E-state index < -0.39 is 75.7 Å². The minimum atomic E-state index is -5.12. The fourth-order valence-electron chi connectivity index (χ4n) is 5.86. The molecule has 54 heavy (non-hydrogen) atoms. The number of unbranched alkanes of at least 4 members (excludes halogenated alkanes) is 14. The van der Waals surface area contributed by atoms with Gasteiger partial charge in [0.25, 0.3) is 0 Å². The van der Waals surface area contributed by atoms with Crippen molar-refractivity contribution in [3.05, 3.63) is 36.5 Å². The Morgan fingerprint density at radius 3 is 1.63 bits per heavy atom. The van der Waals surface area contributed by atoms with Crippen LogP contribution in [0.4, 0.5) is 0 Å². The predicted octanol–water partition coefficient (Wildman–Crippen LogP) is 6.66. The molecule has 1 saturated carbocycles. The van der Waals surface area contributed by atoms with Crippen molar-refractivity contribution in [1.82, 2.24) is 0 Å². The van der Waals surface area contributed by atoms with Crippen molar-refractivity contribution < 1.29 is 63.1 Å². The first-order chi connectivity index (χ1) is 25.9. The second-order valence-corrected chi connectivity index (χ2v) is 15.5. The van der Waals surface area contributed by atoms with Gasteiger partial charge in [-0.1, -0.05) is 115 Å². The highest BCUT2D eigenvalue weighted by molar-refractivity contribution is 7.47. The fraction of sp³-hybridized carbons (Fsp3) is 0.800. The number of phosphoric ester groups is 1. The van der Waals surface area contributed by atoms with E-state index in [9.17, 15) is 44.6 Å². The largest absolute Gasteiger partial charge is 0.472 e. The molecule has 0 aromatic carbocycles. The van der Waals surface area contributed by atoms with Crippen molar-refractivity contribution in [3.8, 4) is 0 Å². The van der Waals surface area contributed by atoms with Gasteiger partial charge in [0.15, 0.2) is 6.10 Å². The number of carbonyl (C=O) groups is 2. The number of hydrogen-bond acceptors (Lipinski definition) is 12. The van der Waals surface area contributed by atoms with Crippen LogP contribution < -0.4 is 0 Å². The Morgan fingerprint density at radius 2 is 1.04 bits per heavy atom. The molecule has 7 unspecified atom stereocenters. The van der Waals surface area contributed by atoms with E-state index in [0.717, 1.165) is 51.4 Å². The van der Waals surface area contributed by atoms with Crippen molar-refractivity contribution in [1.29, 1.82) is 0 Å². The molecule has 1 fully saturated rings. The summed E-state index contributed by atoms with van der Waals surface area (Å²) in [6.07, 6.45) is 19.5. The van der Waals surface area contributed by atoms with Crippen molar-refractivity contribution in [3.63, 3.8) is 0 Å². The average molecular weight is 791 g/mol. The summed E-state index contributed by atoms with van der Waals surface area (Å²) in [6, 6.07) is 0. The van der Waals surface area contributed by atoms with Gasteiger partial charge in [-0.05, 0) is 57.8 Å². The van der Waals surface area contributed by atoms with E-state index in [1.54, 1.807) is 0 Å². The molecular weight excluding hydrogens is 719 g/mol. The summed E-state index contributed by atoms with van der Waals surface area (Å²) in [7, 11) is -5.12. The molecule has 0 aliphatic heterocycles. The van der Waals surface area contributed by atoms with Crippen LogP contribution in [0.15, 0.2) is 36.5 Å². The van der Waals surface area contributed by atoms with E-state index in [2.05, 4.69) is 38.2 Å². The quantitative estimate of drug-likeness (QED) is 0.0183. The maximum atomic E-state index is 12.7. The average Bonchev–Trinajstić information content (AvgIpc) is 3.15. The van der Waals surface area contributed by atoms with Crippen LogP contribution in [-0.2, 0) is 32.7 Å². The van der Waals surface area contributed by atoms with Gasteiger partial charge in [-0.15, -0.1) is 0 Å². The van der Waals surface area contributed by atoms with Gasteiger partial charge in [0.1, 0.15) is 43.2 Å². The minimum absolute atomic E-state index is 0.0110. The molecule has 0 heterocycles. The first kappa shape index (κ1) is 50.1. The van der Waals surface area contributed by atoms with Crippen LogP contribution in [0.25, 0.3) is 0 Å². The minimum Gasteiger partial charge on any atom is -0.462 e. The van der Waals surface area contributed by atoms with Crippen LogP contribution in [0.5, 0.6) is 0 Å². The van der Waals surface area contributed by atoms with Crippen molar-refractivity contribution in [2.24, 2.45) is 0 Å². The number of rotatable bonds is 32. The summed E-state index contributed by atoms with van der Waals surface area (Å²) >= 11 is 0. The monoisotopic (exact) mass is 790 g/mol. The molecule has 0 saturated heterocycles. The number of allylic oxidation sites excluding steroid dienone is 6. The maximum Gasteiger partial charge on any atom is 0.472 e. The number of ether oxygens (including phenoxy) is 2. The fourth-order valence-corrected chi connectivity index (χ4v) is 6.83. The predicted molar refractivity (Wildman–Crippen MR) is 207 cm³/mol. The summed E-state index contributed by atoms with van der Waals surface area (Å²) in [5, 5.41) is 49.9. The second kappa shape index (κ2) is 31.2. The van der Waals surface area contributed by atoms with Crippen LogP contribution in [0.1, 0.15) is 149 Å². The van der Waals surface area contributed by atoms with E-state index in [1.165, 1.54) is 57.8 Å². The van der Waals surface area contributed by atoms with Gasteiger partial charge in [0.05, 0.1) is 6.61 Å². The molecule has 6 N–H and O–H groups in total. The first-order valence-electron chi connectivity index (χ1n) is 20.3. The van der Waals surface area contributed by atoms with Gasteiger partial charge in [-0.25, -0.2) is 4.57 Å². The Kier molecular flexibility index (Phi) is 28.9. The molecule has 0 bridgehead atoms. The highest BCUT2D eigenvalue weighted by atomic mass is 31.2. The zero-order valence-electron chi connectivity index (χ0n) is 32.8. The molecule has 1 aliphatic rings. The molecule has 314 valence electrons. The molecule has 0 aromatic rings. The van der Waals surface area contributed by atoms with E-state index in [1.807, 2.05) is 12.2 Å². The third-order valence-corrected chi connectivity index (χ3v) is 10.2. The van der Waals surface area contributed by atoms with Gasteiger partial charge in [0.2, 0.25) is 0 Å². The van der Waals surface area contributed by atoms with Crippen LogP contribution in [0, 0.1) is 0 Å². The Labute approximate surface area is 323 Å². The lowest BCUT2D eigenvalue weighted by Crippen LogP contribution is -2.64. The molecule has 0 radical (unpaired) electrons. The van der Waals surface area contributed by atoms with E-state index in [0.29, 0.717) is 12.8 Å². The van der Waals surface area contributed by atoms with E-state index in [4.69, 9.17) is 18.5 Å². The molecule has 13 nitrogen and oxygen atoms in total. The van der Waals surface area contributed by atoms with E-state index >= 15 is 0 Å². The molecule has 1 rings (SSSR count). The van der Waals surface area contributed by atoms with Gasteiger partial charge < -0.3 is 39.9 Å². The number of phosphoric acid groups is 1. The topological polar surface area (TPSA) is 210 Å². The zero-order chi connectivity index (χ0) is 40.0. The van der Waals surface area contributed by atoms with Crippen molar-refractivity contribution >= 4 is 19.8 Å². The SMILES string of the molecule is CCCCC/C=C/CCCCCCCC(=O)OCC(COP(=O)(O)OC1C(O)C(O)C(O)[C@@H](O)C1O)OC(=O)CC/C=C/C/C=C/CCCCCCCC. The van der Waals surface area contributed by atoms with Gasteiger partial charge in [-0.3, -0.25) is 18.6 Å². The van der Waals surface area contributed by atoms with Gasteiger partial charge in [0, 0.05) is 12.8 Å². The van der Waals surface area contributed by atoms with E-state index in [-0.39, 0.29) is 12.8 Å². The molecule has 0 aromatic heterocycles. The van der Waals surface area contributed by atoms with Crippen LogP contribution in [0.2, 0.25) is 0 Å². The number of carbonyl (C=O) groups excluding carboxylic acids is 2. The Morgan fingerprint density at radius 1 is 0.574 bits per heavy atom. The Hall–Kier alpha value is -1.93. The normalized spacial score (nSPS) is 23.6. The first-order valence-corrected chi connectivity index (χ1v) is 21.8. The summed E-state index contributed by atoms with van der Waals surface area (Å²) in [5.74, 6) is -1.19. The van der Waals surface area contributed by atoms with Crippen molar-refractivity contribution in [2.45, 2.75) is 191 Å². The van der Waals surface area contributed by atoms with Crippen LogP contribution >= 0.6 is 7.82 Å². The lowest BCUT2D eigenvalue weighted by Gasteiger charge is -2.41. The van der Waals surface area contributed by atoms with Crippen LogP contribution in [0.3, 0.4) is 0 Å². The number of aliphatic hydroxyl groups is 5. The molecular formula is C40H71O13P. The van der Waals surface area contributed by atoms with Crippen molar-refractivity contribution in [2.75, 3.05) is 13.2 Å². The zero-order valence-corrected chi connectivity index (χ0v) is 33.7. The summed E-state index contributed by atoms with van der Waals surface area (Å²) in [5.41, 5.74) is 0. The molecule has 0 amide bonds. The lowest BCUT2D eigenvalue weighted by atomic mass is 9.85. The highest BCUT2D eigenvalue weighted by Crippen LogP contribution is 2.47. The number of aliphatic hydroxyl groups excluding tert-OH is 5. The number of esters is 2. The number of hydrogen-bond donors (Lipinski definition) is 6. The maximum absolute atomic E-state index is 12.7. The summed E-state index contributed by atoms with van der Waals surface area (Å²) < 4.78 is 33.3. The lowest BCUT2D eigenvalue weighted by molar-refractivity contribution is -0.220. The molecule has 8 atom stereocenters. The summed E-state index contributed by atoms with van der Waals surface area (Å²) in [6.45, 7) is 3.17. The third-order valence-electron chi connectivity index (χ3n) is 9.22. The molecule has 1 aliphatic carbocycles. The smallest absolute Gasteiger partial charge is 0.462 e. The third kappa shape index (κ3) is 23.9. The molecule has 14 heteroatoms. The van der Waals surface area contributed by atoms with Gasteiger partial charge >= 0.3 is 19.8 Å². The second-order valence-electron chi connectivity index (χ2n) is 14.1. The molecule has 0 spiro atoms. The Bertz CT molecular complexity index is 1100.